The molecule has 1 aromatic heterocycles. The Hall–Kier alpha value is -5.60. The molecule has 0 fully saturated rings. The Morgan fingerprint density at radius 1 is 0.333 bits per heavy atom. The topological polar surface area (TPSA) is 16.4 Å². The Labute approximate surface area is 242 Å². The summed E-state index contributed by atoms with van der Waals surface area (Å²) in [5.74, 6) is 0. The molecule has 0 radical (unpaired) electrons. The van der Waals surface area contributed by atoms with Crippen LogP contribution in [0.3, 0.4) is 0 Å². The zero-order chi connectivity index (χ0) is 27.6. The van der Waals surface area contributed by atoms with Crippen molar-refractivity contribution in [3.63, 3.8) is 0 Å². The van der Waals surface area contributed by atoms with Crippen LogP contribution < -0.4 is 4.90 Å². The third-order valence-electron chi connectivity index (χ3n) is 8.61. The average molecular weight is 536 g/mol. The molecule has 0 atom stereocenters. The van der Waals surface area contributed by atoms with E-state index in [1.165, 1.54) is 43.1 Å². The van der Waals surface area contributed by atoms with E-state index in [0.29, 0.717) is 0 Å². The van der Waals surface area contributed by atoms with Crippen LogP contribution in [0.25, 0.3) is 65.0 Å². The molecular formula is C40H25NO. The van der Waals surface area contributed by atoms with Gasteiger partial charge in [0.25, 0.3) is 0 Å². The molecule has 0 spiro atoms. The smallest absolute Gasteiger partial charge is 0.137 e. The van der Waals surface area contributed by atoms with E-state index in [1.807, 2.05) is 12.1 Å². The molecule has 2 heteroatoms. The minimum Gasteiger partial charge on any atom is -0.456 e. The summed E-state index contributed by atoms with van der Waals surface area (Å²) in [7, 11) is 0. The number of rotatable bonds is 3. The van der Waals surface area contributed by atoms with E-state index in [9.17, 15) is 0 Å². The van der Waals surface area contributed by atoms with Gasteiger partial charge >= 0.3 is 0 Å². The van der Waals surface area contributed by atoms with Crippen molar-refractivity contribution < 1.29 is 4.42 Å². The number of fused-ring (bicyclic) bond motifs is 9. The lowest BCUT2D eigenvalue weighted by Crippen LogP contribution is -2.10. The van der Waals surface area contributed by atoms with Gasteiger partial charge in [-0.25, -0.2) is 0 Å². The molecule has 8 aromatic carbocycles. The summed E-state index contributed by atoms with van der Waals surface area (Å²) in [6, 6.07) is 54.5. The first-order chi connectivity index (χ1) is 20.8. The molecule has 0 aliphatic heterocycles. The zero-order valence-corrected chi connectivity index (χ0v) is 22.8. The summed E-state index contributed by atoms with van der Waals surface area (Å²) >= 11 is 0. The molecule has 1 heterocycles. The van der Waals surface area contributed by atoms with Gasteiger partial charge in [0, 0.05) is 33.6 Å². The zero-order valence-electron chi connectivity index (χ0n) is 22.8. The van der Waals surface area contributed by atoms with Crippen LogP contribution in [0.15, 0.2) is 156 Å². The van der Waals surface area contributed by atoms with E-state index in [-0.39, 0.29) is 0 Å². The van der Waals surface area contributed by atoms with Crippen molar-refractivity contribution in [2.45, 2.75) is 0 Å². The average Bonchev–Trinajstić information content (AvgIpc) is 3.42. The summed E-state index contributed by atoms with van der Waals surface area (Å²) in [5, 5.41) is 12.2. The Kier molecular flexibility index (Phi) is 4.93. The summed E-state index contributed by atoms with van der Waals surface area (Å²) in [6.45, 7) is 0. The highest BCUT2D eigenvalue weighted by atomic mass is 16.3. The molecule has 9 aromatic rings. The first-order valence-corrected chi connectivity index (χ1v) is 14.4. The highest BCUT2D eigenvalue weighted by Crippen LogP contribution is 2.43. The number of furan rings is 1. The van der Waals surface area contributed by atoms with Crippen molar-refractivity contribution in [2.75, 3.05) is 4.90 Å². The lowest BCUT2D eigenvalue weighted by atomic mass is 9.96. The van der Waals surface area contributed by atoms with Crippen molar-refractivity contribution in [3.05, 3.63) is 152 Å². The second-order valence-electron chi connectivity index (χ2n) is 11.0. The van der Waals surface area contributed by atoms with Crippen LogP contribution >= 0.6 is 0 Å². The predicted octanol–water partition coefficient (Wildman–Crippen LogP) is 11.7. The van der Waals surface area contributed by atoms with Gasteiger partial charge in [0.05, 0.1) is 5.69 Å². The van der Waals surface area contributed by atoms with E-state index in [1.54, 1.807) is 0 Å². The SMILES string of the molecule is c1ccc2cc(N(c3ccc4c(c3)oc3ccccc34)c3cccc4c3ccc3c5ccccc5ccc43)ccc2c1. The Bertz CT molecular complexity index is 2490. The number of nitrogens with zero attached hydrogens (tertiary/aromatic N) is 1. The molecule has 0 N–H and O–H groups in total. The van der Waals surface area contributed by atoms with Gasteiger partial charge in [-0.05, 0) is 74.1 Å². The number of benzene rings is 8. The molecule has 0 saturated carbocycles. The maximum atomic E-state index is 6.34. The van der Waals surface area contributed by atoms with Crippen LogP contribution in [0.2, 0.25) is 0 Å². The second-order valence-corrected chi connectivity index (χ2v) is 11.0. The third-order valence-corrected chi connectivity index (χ3v) is 8.61. The monoisotopic (exact) mass is 535 g/mol. The fraction of sp³-hybridized carbons (Fsp3) is 0. The molecule has 0 bridgehead atoms. The van der Waals surface area contributed by atoms with Crippen LogP contribution in [0, 0.1) is 0 Å². The fourth-order valence-corrected chi connectivity index (χ4v) is 6.63. The van der Waals surface area contributed by atoms with Gasteiger partial charge in [-0.3, -0.25) is 0 Å². The van der Waals surface area contributed by atoms with Gasteiger partial charge in [0.2, 0.25) is 0 Å². The highest BCUT2D eigenvalue weighted by Gasteiger charge is 2.19. The Morgan fingerprint density at radius 2 is 0.905 bits per heavy atom. The summed E-state index contributed by atoms with van der Waals surface area (Å²) in [4.78, 5) is 2.37. The van der Waals surface area contributed by atoms with E-state index in [2.05, 4.69) is 144 Å². The predicted molar refractivity (Wildman–Crippen MR) is 178 cm³/mol. The van der Waals surface area contributed by atoms with Crippen molar-refractivity contribution in [2.24, 2.45) is 0 Å². The third kappa shape index (κ3) is 3.45. The number of hydrogen-bond donors (Lipinski definition) is 0. The molecule has 0 unspecified atom stereocenters. The van der Waals surface area contributed by atoms with Crippen LogP contribution in [0.4, 0.5) is 17.1 Å². The molecule has 0 aliphatic carbocycles. The molecule has 0 amide bonds. The summed E-state index contributed by atoms with van der Waals surface area (Å²) in [6.07, 6.45) is 0. The molecule has 0 aliphatic rings. The van der Waals surface area contributed by atoms with Gasteiger partial charge in [-0.2, -0.15) is 0 Å². The molecule has 0 saturated heterocycles. The lowest BCUT2D eigenvalue weighted by Gasteiger charge is -2.27. The van der Waals surface area contributed by atoms with Gasteiger partial charge < -0.3 is 9.32 Å². The normalized spacial score (nSPS) is 11.8. The van der Waals surface area contributed by atoms with E-state index >= 15 is 0 Å². The van der Waals surface area contributed by atoms with Crippen LogP contribution in [0.1, 0.15) is 0 Å². The highest BCUT2D eigenvalue weighted by molar-refractivity contribution is 6.19. The van der Waals surface area contributed by atoms with E-state index in [4.69, 9.17) is 4.42 Å². The van der Waals surface area contributed by atoms with Crippen LogP contribution in [-0.2, 0) is 0 Å². The van der Waals surface area contributed by atoms with E-state index < -0.39 is 0 Å². The van der Waals surface area contributed by atoms with Gasteiger partial charge in [-0.15, -0.1) is 0 Å². The van der Waals surface area contributed by atoms with Gasteiger partial charge in [0.15, 0.2) is 0 Å². The standard InChI is InChI=1S/C40H25NO/c1-2-10-28-24-29(18-16-26(28)8-1)41(30-19-21-37-36-12-5-6-15-39(36)42-40(37)25-30)38-14-7-13-32-34-20-17-27-9-3-4-11-31(27)33(34)22-23-35(32)38/h1-25H. The molecule has 2 nitrogen and oxygen atoms in total. The summed E-state index contributed by atoms with van der Waals surface area (Å²) in [5.41, 5.74) is 5.09. The number of hydrogen-bond acceptors (Lipinski definition) is 2. The minimum absolute atomic E-state index is 0.886. The van der Waals surface area contributed by atoms with Crippen molar-refractivity contribution in [3.8, 4) is 0 Å². The first kappa shape index (κ1) is 23.1. The summed E-state index contributed by atoms with van der Waals surface area (Å²) < 4.78 is 6.34. The largest absolute Gasteiger partial charge is 0.456 e. The fourth-order valence-electron chi connectivity index (χ4n) is 6.63. The van der Waals surface area contributed by atoms with Crippen molar-refractivity contribution in [1.82, 2.24) is 0 Å². The molecule has 9 rings (SSSR count). The van der Waals surface area contributed by atoms with Crippen LogP contribution in [0.5, 0.6) is 0 Å². The maximum absolute atomic E-state index is 6.34. The maximum Gasteiger partial charge on any atom is 0.137 e. The number of anilines is 3. The molecular weight excluding hydrogens is 510 g/mol. The Balaban J connectivity index is 1.33. The first-order valence-electron chi connectivity index (χ1n) is 14.4. The van der Waals surface area contributed by atoms with Crippen molar-refractivity contribution >= 4 is 82.1 Å². The van der Waals surface area contributed by atoms with Crippen LogP contribution in [-0.4, -0.2) is 0 Å². The lowest BCUT2D eigenvalue weighted by molar-refractivity contribution is 0.669. The molecule has 196 valence electrons. The van der Waals surface area contributed by atoms with E-state index in [0.717, 1.165) is 39.0 Å². The van der Waals surface area contributed by atoms with Gasteiger partial charge in [-0.1, -0.05) is 109 Å². The Morgan fingerprint density at radius 3 is 1.83 bits per heavy atom. The quantitative estimate of drug-likeness (QED) is 0.209. The van der Waals surface area contributed by atoms with Crippen molar-refractivity contribution in [1.29, 1.82) is 0 Å². The van der Waals surface area contributed by atoms with Gasteiger partial charge in [0.1, 0.15) is 11.2 Å². The second kappa shape index (κ2) is 8.95. The minimum atomic E-state index is 0.886. The molecule has 42 heavy (non-hydrogen) atoms. The number of para-hydroxylation sites is 1.